The molecule has 1 aliphatic rings. The van der Waals surface area contributed by atoms with Crippen molar-refractivity contribution in [1.29, 1.82) is 0 Å². The Morgan fingerprint density at radius 2 is 1.97 bits per heavy atom. The number of carbonyl (C=O) groups is 1. The normalized spacial score (nSPS) is 14.8. The minimum atomic E-state index is -0.126. The van der Waals surface area contributed by atoms with Gasteiger partial charge in [0.05, 0.1) is 20.1 Å². The van der Waals surface area contributed by atoms with E-state index in [9.17, 15) is 4.79 Å². The third-order valence-electron chi connectivity index (χ3n) is 4.92. The number of piperidine rings is 1. The highest BCUT2D eigenvalue weighted by Crippen LogP contribution is 2.20. The number of aliphatic imine (C=N–C) groups is 1. The molecule has 0 amide bonds. The van der Waals surface area contributed by atoms with E-state index in [1.165, 1.54) is 7.11 Å². The Bertz CT molecular complexity index is 831. The zero-order chi connectivity index (χ0) is 20.6. The van der Waals surface area contributed by atoms with Gasteiger partial charge in [0.15, 0.2) is 11.8 Å². The Morgan fingerprint density at radius 3 is 2.57 bits per heavy atom. The van der Waals surface area contributed by atoms with Crippen LogP contribution in [-0.4, -0.2) is 65.9 Å². The Hall–Kier alpha value is -2.37. The number of hydrogen-bond acceptors (Lipinski definition) is 6. The van der Waals surface area contributed by atoms with Gasteiger partial charge in [-0.2, -0.15) is 5.10 Å². The number of halogens is 1. The number of benzene rings is 1. The molecule has 10 heteroatoms. The van der Waals surface area contributed by atoms with Crippen molar-refractivity contribution in [2.45, 2.75) is 26.3 Å². The lowest BCUT2D eigenvalue weighted by atomic mass is 9.97. The van der Waals surface area contributed by atoms with Crippen molar-refractivity contribution < 1.29 is 14.3 Å². The second kappa shape index (κ2) is 11.7. The number of aromatic nitrogens is 3. The van der Waals surface area contributed by atoms with Gasteiger partial charge in [-0.3, -0.25) is 9.89 Å². The zero-order valence-corrected chi connectivity index (χ0v) is 19.9. The second-order valence-electron chi connectivity index (χ2n) is 6.79. The quantitative estimate of drug-likeness (QED) is 0.257. The Kier molecular flexibility index (Phi) is 9.34. The highest BCUT2D eigenvalue weighted by atomic mass is 127. The van der Waals surface area contributed by atoms with Crippen LogP contribution in [0.4, 0.5) is 0 Å². The van der Waals surface area contributed by atoms with Crippen molar-refractivity contribution in [3.8, 4) is 17.1 Å². The largest absolute Gasteiger partial charge is 0.497 e. The molecule has 3 rings (SSSR count). The predicted molar refractivity (Wildman–Crippen MR) is 125 cm³/mol. The van der Waals surface area contributed by atoms with Gasteiger partial charge >= 0.3 is 5.97 Å². The Balaban J connectivity index is 0.00000320. The van der Waals surface area contributed by atoms with Gasteiger partial charge in [0.2, 0.25) is 0 Å². The van der Waals surface area contributed by atoms with Crippen LogP contribution in [0.3, 0.4) is 0 Å². The third-order valence-corrected chi connectivity index (χ3v) is 4.92. The molecule has 2 N–H and O–H groups in total. The minimum Gasteiger partial charge on any atom is -0.497 e. The van der Waals surface area contributed by atoms with Crippen molar-refractivity contribution in [3.63, 3.8) is 0 Å². The summed E-state index contributed by atoms with van der Waals surface area (Å²) >= 11 is 0. The van der Waals surface area contributed by atoms with E-state index in [1.54, 1.807) is 7.11 Å². The van der Waals surface area contributed by atoms with Gasteiger partial charge in [-0.1, -0.05) is 0 Å². The number of carbonyl (C=O) groups excluding carboxylic acids is 1. The van der Waals surface area contributed by atoms with Crippen LogP contribution in [0.15, 0.2) is 29.3 Å². The highest BCUT2D eigenvalue weighted by molar-refractivity contribution is 14.0. The van der Waals surface area contributed by atoms with E-state index in [-0.39, 0.29) is 35.9 Å². The van der Waals surface area contributed by atoms with Gasteiger partial charge in [-0.25, -0.2) is 9.98 Å². The molecular weight excluding hydrogens is 499 g/mol. The number of esters is 1. The summed E-state index contributed by atoms with van der Waals surface area (Å²) < 4.78 is 10.0. The number of hydrogen-bond donors (Lipinski definition) is 2. The number of rotatable bonds is 6. The Labute approximate surface area is 193 Å². The SMILES string of the molecule is CCNC(=NCc1nc(-c2ccc(OC)cc2)n[nH]1)N1CCC(C(=O)OC)CC1.I. The average Bonchev–Trinajstić information content (AvgIpc) is 3.25. The third kappa shape index (κ3) is 6.07. The molecule has 1 fully saturated rings. The number of nitrogens with one attached hydrogen (secondary N) is 2. The van der Waals surface area contributed by atoms with Crippen LogP contribution in [0.25, 0.3) is 11.4 Å². The molecule has 0 saturated carbocycles. The second-order valence-corrected chi connectivity index (χ2v) is 6.79. The number of aromatic amines is 1. The molecule has 164 valence electrons. The standard InChI is InChI=1S/C20H28N6O3.HI/c1-4-21-20(26-11-9-15(10-12-26)19(27)29-3)22-13-17-23-18(25-24-17)14-5-7-16(28-2)8-6-14;/h5-8,15H,4,9-13H2,1-3H3,(H,21,22)(H,23,24,25);1H. The lowest BCUT2D eigenvalue weighted by Gasteiger charge is -2.33. The molecule has 2 aromatic rings. The maximum Gasteiger partial charge on any atom is 0.308 e. The van der Waals surface area contributed by atoms with Gasteiger partial charge in [0, 0.05) is 25.2 Å². The number of nitrogens with zero attached hydrogens (tertiary/aromatic N) is 4. The van der Waals surface area contributed by atoms with Crippen LogP contribution in [-0.2, 0) is 16.1 Å². The zero-order valence-electron chi connectivity index (χ0n) is 17.6. The first-order valence-electron chi connectivity index (χ1n) is 9.81. The lowest BCUT2D eigenvalue weighted by molar-refractivity contribution is -0.146. The summed E-state index contributed by atoms with van der Waals surface area (Å²) in [7, 11) is 3.08. The Morgan fingerprint density at radius 1 is 1.27 bits per heavy atom. The number of methoxy groups -OCH3 is 2. The van der Waals surface area contributed by atoms with Crippen molar-refractivity contribution in [2.24, 2.45) is 10.9 Å². The first-order valence-corrected chi connectivity index (χ1v) is 9.81. The van der Waals surface area contributed by atoms with Gasteiger partial charge in [0.1, 0.15) is 18.1 Å². The van der Waals surface area contributed by atoms with Crippen molar-refractivity contribution in [2.75, 3.05) is 33.9 Å². The monoisotopic (exact) mass is 528 g/mol. The minimum absolute atomic E-state index is 0. The number of likely N-dealkylation sites (tertiary alicyclic amines) is 1. The number of guanidine groups is 1. The molecule has 30 heavy (non-hydrogen) atoms. The van der Waals surface area contributed by atoms with E-state index in [4.69, 9.17) is 14.5 Å². The molecule has 9 nitrogen and oxygen atoms in total. The van der Waals surface area contributed by atoms with E-state index in [0.717, 1.165) is 49.7 Å². The van der Waals surface area contributed by atoms with E-state index >= 15 is 0 Å². The van der Waals surface area contributed by atoms with Crippen LogP contribution >= 0.6 is 24.0 Å². The van der Waals surface area contributed by atoms with Crippen LogP contribution in [0, 0.1) is 5.92 Å². The molecule has 0 radical (unpaired) electrons. The van der Waals surface area contributed by atoms with Crippen LogP contribution in [0.2, 0.25) is 0 Å². The summed E-state index contributed by atoms with van der Waals surface area (Å²) in [6, 6.07) is 7.60. The van der Waals surface area contributed by atoms with Crippen LogP contribution in [0.1, 0.15) is 25.6 Å². The molecule has 1 aliphatic heterocycles. The van der Waals surface area contributed by atoms with Crippen LogP contribution in [0.5, 0.6) is 5.75 Å². The summed E-state index contributed by atoms with van der Waals surface area (Å²) in [5.74, 6) is 2.77. The molecule has 0 aliphatic carbocycles. The highest BCUT2D eigenvalue weighted by Gasteiger charge is 2.27. The fourth-order valence-corrected chi connectivity index (χ4v) is 3.30. The topological polar surface area (TPSA) is 105 Å². The fourth-order valence-electron chi connectivity index (χ4n) is 3.30. The smallest absolute Gasteiger partial charge is 0.308 e. The summed E-state index contributed by atoms with van der Waals surface area (Å²) in [5.41, 5.74) is 0.911. The van der Waals surface area contributed by atoms with Crippen molar-refractivity contribution in [1.82, 2.24) is 25.4 Å². The summed E-state index contributed by atoms with van der Waals surface area (Å²) in [6.45, 7) is 4.72. The molecule has 1 saturated heterocycles. The summed E-state index contributed by atoms with van der Waals surface area (Å²) in [4.78, 5) is 23.1. The molecular formula is C20H29IN6O3. The van der Waals surface area contributed by atoms with Crippen molar-refractivity contribution >= 4 is 35.9 Å². The van der Waals surface area contributed by atoms with Gasteiger partial charge in [0.25, 0.3) is 0 Å². The number of H-pyrrole nitrogens is 1. The molecule has 0 atom stereocenters. The van der Waals surface area contributed by atoms with Gasteiger partial charge in [-0.15, -0.1) is 24.0 Å². The summed E-state index contributed by atoms with van der Waals surface area (Å²) in [6.07, 6.45) is 1.53. The first kappa shape index (κ1) is 23.9. The molecule has 1 aromatic heterocycles. The number of ether oxygens (including phenoxy) is 2. The predicted octanol–water partition coefficient (Wildman–Crippen LogP) is 2.45. The van der Waals surface area contributed by atoms with Crippen molar-refractivity contribution in [3.05, 3.63) is 30.1 Å². The fraction of sp³-hybridized carbons (Fsp3) is 0.500. The first-order chi connectivity index (χ1) is 14.1. The molecule has 0 spiro atoms. The molecule has 2 heterocycles. The van der Waals surface area contributed by atoms with Gasteiger partial charge < -0.3 is 19.7 Å². The van der Waals surface area contributed by atoms with E-state index in [1.807, 2.05) is 31.2 Å². The van der Waals surface area contributed by atoms with Gasteiger partial charge in [-0.05, 0) is 44.0 Å². The van der Waals surface area contributed by atoms with E-state index in [2.05, 4.69) is 25.4 Å². The van der Waals surface area contributed by atoms with Crippen LogP contribution < -0.4 is 10.1 Å². The van der Waals surface area contributed by atoms with E-state index < -0.39 is 0 Å². The van der Waals surface area contributed by atoms with E-state index in [0.29, 0.717) is 18.2 Å². The molecule has 0 bridgehead atoms. The molecule has 1 aromatic carbocycles. The molecule has 0 unspecified atom stereocenters. The maximum atomic E-state index is 11.7. The average molecular weight is 528 g/mol. The summed E-state index contributed by atoms with van der Waals surface area (Å²) in [5, 5.41) is 10.6. The lowest BCUT2D eigenvalue weighted by Crippen LogP contribution is -2.46. The maximum absolute atomic E-state index is 11.7.